The summed E-state index contributed by atoms with van der Waals surface area (Å²) < 4.78 is 2.25. The second-order valence-corrected chi connectivity index (χ2v) is 13.9. The lowest BCUT2D eigenvalue weighted by Crippen LogP contribution is -2.20. The van der Waals surface area contributed by atoms with E-state index in [9.17, 15) is 5.41 Å². The number of fused-ring (bicyclic) bond motifs is 4. The van der Waals surface area contributed by atoms with E-state index < -0.39 is 0 Å². The van der Waals surface area contributed by atoms with Crippen molar-refractivity contribution in [3.8, 4) is 28.5 Å². The Morgan fingerprint density at radius 2 is 1.07 bits per heavy atom. The molecular weight excluding hydrogens is 683 g/mol. The van der Waals surface area contributed by atoms with Crippen LogP contribution in [-0.2, 0) is 0 Å². The van der Waals surface area contributed by atoms with E-state index in [1.807, 2.05) is 66.7 Å². The van der Waals surface area contributed by atoms with Crippen LogP contribution in [0, 0.1) is 5.41 Å². The summed E-state index contributed by atoms with van der Waals surface area (Å²) in [5.41, 5.74) is 13.0. The molecule has 0 saturated heterocycles. The quantitative estimate of drug-likeness (QED) is 0.161. The van der Waals surface area contributed by atoms with E-state index in [1.54, 1.807) is 0 Å². The van der Waals surface area contributed by atoms with Crippen LogP contribution in [0.25, 0.3) is 73.3 Å². The van der Waals surface area contributed by atoms with Gasteiger partial charge in [0.1, 0.15) is 5.82 Å². The molecule has 0 amide bonds. The molecule has 7 aromatic carbocycles. The molecule has 0 spiro atoms. The summed E-state index contributed by atoms with van der Waals surface area (Å²) in [5.74, 6) is 1.44. The second kappa shape index (κ2) is 14.0. The summed E-state index contributed by atoms with van der Waals surface area (Å²) in [6, 6.07) is 66.4. The number of rotatable bonds is 7. The van der Waals surface area contributed by atoms with Crippen LogP contribution in [0.2, 0.25) is 0 Å². The van der Waals surface area contributed by atoms with Gasteiger partial charge in [-0.15, -0.1) is 0 Å². The molecule has 3 heterocycles. The standard InChI is InChI=1S/C51H35N5/c52-49(36-21-8-3-9-22-36)48(35-19-6-2-7-20-35)50-40-26-11-10-23-37(40)32-43(53-50)38-24-16-25-39(31-38)51-54-44(34-17-4-1-5-18-34)33-47(55-51)56-45-29-14-12-27-41(45)42-28-13-15-30-46(42)56/h1-33,52-53H/b50-48-,52-49?. The highest BCUT2D eigenvalue weighted by atomic mass is 15.1. The van der Waals surface area contributed by atoms with Crippen molar-refractivity contribution in [2.75, 3.05) is 0 Å². The molecule has 0 saturated carbocycles. The molecule has 264 valence electrons. The van der Waals surface area contributed by atoms with Gasteiger partial charge in [0.2, 0.25) is 0 Å². The van der Waals surface area contributed by atoms with Crippen LogP contribution >= 0.6 is 0 Å². The SMILES string of the molecule is N=C(/C(=C1\NC(c2cccc(-c3nc(-c4ccccc4)cc(-n4c5ccccc5c5ccccc54)n3)c2)=Cc2ccccc21)c1ccccc1)c1ccccc1. The molecule has 0 fully saturated rings. The number of benzene rings is 7. The fourth-order valence-corrected chi connectivity index (χ4v) is 7.79. The number of para-hydroxylation sites is 2. The molecule has 56 heavy (non-hydrogen) atoms. The Morgan fingerprint density at radius 1 is 0.500 bits per heavy atom. The molecule has 0 atom stereocenters. The van der Waals surface area contributed by atoms with Crippen LogP contribution in [0.4, 0.5) is 0 Å². The van der Waals surface area contributed by atoms with Crippen molar-refractivity contribution in [2.45, 2.75) is 0 Å². The zero-order valence-electron chi connectivity index (χ0n) is 30.4. The Kier molecular flexibility index (Phi) is 8.23. The molecule has 5 heteroatoms. The summed E-state index contributed by atoms with van der Waals surface area (Å²) in [7, 11) is 0. The van der Waals surface area contributed by atoms with E-state index in [1.165, 1.54) is 10.8 Å². The van der Waals surface area contributed by atoms with E-state index >= 15 is 0 Å². The Labute approximate surface area is 325 Å². The average molecular weight is 718 g/mol. The molecule has 1 aliphatic heterocycles. The second-order valence-electron chi connectivity index (χ2n) is 13.9. The van der Waals surface area contributed by atoms with E-state index in [0.29, 0.717) is 11.5 Å². The zero-order chi connectivity index (χ0) is 37.4. The van der Waals surface area contributed by atoms with Gasteiger partial charge in [0.15, 0.2) is 5.82 Å². The van der Waals surface area contributed by atoms with Gasteiger partial charge in [0.05, 0.1) is 28.1 Å². The minimum absolute atomic E-state index is 0.452. The van der Waals surface area contributed by atoms with Gasteiger partial charge in [0.25, 0.3) is 0 Å². The number of aromatic nitrogens is 3. The van der Waals surface area contributed by atoms with Crippen LogP contribution in [0.5, 0.6) is 0 Å². The van der Waals surface area contributed by atoms with Crippen molar-refractivity contribution >= 4 is 50.6 Å². The number of hydrogen-bond donors (Lipinski definition) is 2. The lowest BCUT2D eigenvalue weighted by molar-refractivity contribution is 1.05. The predicted molar refractivity (Wildman–Crippen MR) is 231 cm³/mol. The van der Waals surface area contributed by atoms with Gasteiger partial charge in [-0.1, -0.05) is 170 Å². The summed E-state index contributed by atoms with van der Waals surface area (Å²) in [4.78, 5) is 10.5. The third kappa shape index (κ3) is 5.88. The van der Waals surface area contributed by atoms with Crippen molar-refractivity contribution in [1.29, 1.82) is 5.41 Å². The lowest BCUT2D eigenvalue weighted by atomic mass is 9.88. The van der Waals surface area contributed by atoms with E-state index in [4.69, 9.17) is 9.97 Å². The highest BCUT2D eigenvalue weighted by Crippen LogP contribution is 2.38. The van der Waals surface area contributed by atoms with Gasteiger partial charge in [-0.05, 0) is 41.0 Å². The smallest absolute Gasteiger partial charge is 0.162 e. The lowest BCUT2D eigenvalue weighted by Gasteiger charge is -2.26. The van der Waals surface area contributed by atoms with E-state index in [0.717, 1.165) is 78.5 Å². The molecular formula is C51H35N5. The van der Waals surface area contributed by atoms with Crippen LogP contribution in [0.3, 0.4) is 0 Å². The Hall–Kier alpha value is -7.63. The highest BCUT2D eigenvalue weighted by molar-refractivity contribution is 6.36. The van der Waals surface area contributed by atoms with Gasteiger partial charge in [-0.2, -0.15) is 0 Å². The van der Waals surface area contributed by atoms with Gasteiger partial charge in [-0.3, -0.25) is 9.98 Å². The van der Waals surface area contributed by atoms with Crippen molar-refractivity contribution < 1.29 is 0 Å². The monoisotopic (exact) mass is 717 g/mol. The molecule has 2 aromatic heterocycles. The van der Waals surface area contributed by atoms with Gasteiger partial charge in [0, 0.05) is 50.4 Å². The summed E-state index contributed by atoms with van der Waals surface area (Å²) in [5, 5.41) is 15.7. The first-order valence-corrected chi connectivity index (χ1v) is 18.8. The highest BCUT2D eigenvalue weighted by Gasteiger charge is 2.24. The van der Waals surface area contributed by atoms with E-state index in [-0.39, 0.29) is 0 Å². The summed E-state index contributed by atoms with van der Waals surface area (Å²) in [6.45, 7) is 0. The molecule has 0 unspecified atom stereocenters. The minimum Gasteiger partial charge on any atom is -0.354 e. The van der Waals surface area contributed by atoms with Gasteiger partial charge in [-0.25, -0.2) is 9.97 Å². The Bertz CT molecular complexity index is 2940. The first-order valence-electron chi connectivity index (χ1n) is 18.8. The zero-order valence-corrected chi connectivity index (χ0v) is 30.4. The molecule has 5 nitrogen and oxygen atoms in total. The first kappa shape index (κ1) is 33.0. The first-order chi connectivity index (χ1) is 27.7. The topological polar surface area (TPSA) is 66.6 Å². The van der Waals surface area contributed by atoms with Crippen LogP contribution in [-0.4, -0.2) is 20.2 Å². The maximum absolute atomic E-state index is 9.55. The Morgan fingerprint density at radius 3 is 1.79 bits per heavy atom. The number of hydrogen-bond acceptors (Lipinski definition) is 4. The fourth-order valence-electron chi connectivity index (χ4n) is 7.79. The van der Waals surface area contributed by atoms with Crippen LogP contribution < -0.4 is 5.32 Å². The van der Waals surface area contributed by atoms with Crippen molar-refractivity contribution in [3.05, 3.63) is 222 Å². The molecule has 0 bridgehead atoms. The van der Waals surface area contributed by atoms with Gasteiger partial charge < -0.3 is 5.32 Å². The van der Waals surface area contributed by atoms with Crippen molar-refractivity contribution in [1.82, 2.24) is 19.9 Å². The largest absolute Gasteiger partial charge is 0.354 e. The fraction of sp³-hybridized carbons (Fsp3) is 0. The van der Waals surface area contributed by atoms with Crippen molar-refractivity contribution in [3.63, 3.8) is 0 Å². The van der Waals surface area contributed by atoms with Crippen LogP contribution in [0.1, 0.15) is 27.8 Å². The third-order valence-corrected chi connectivity index (χ3v) is 10.4. The maximum Gasteiger partial charge on any atom is 0.162 e. The predicted octanol–water partition coefficient (Wildman–Crippen LogP) is 11.9. The number of allylic oxidation sites excluding steroid dienone is 1. The number of nitrogens with zero attached hydrogens (tertiary/aromatic N) is 3. The molecule has 0 radical (unpaired) electrons. The molecule has 2 N–H and O–H groups in total. The third-order valence-electron chi connectivity index (χ3n) is 10.4. The summed E-state index contributed by atoms with van der Waals surface area (Å²) >= 11 is 0. The minimum atomic E-state index is 0.452. The van der Waals surface area contributed by atoms with Crippen molar-refractivity contribution in [2.24, 2.45) is 0 Å². The van der Waals surface area contributed by atoms with Crippen LogP contribution in [0.15, 0.2) is 194 Å². The molecule has 9 aromatic rings. The molecule has 1 aliphatic rings. The average Bonchev–Trinajstić information content (AvgIpc) is 3.62. The molecule has 0 aliphatic carbocycles. The summed E-state index contributed by atoms with van der Waals surface area (Å²) in [6.07, 6.45) is 2.19. The maximum atomic E-state index is 9.55. The number of nitrogens with one attached hydrogen (secondary N) is 2. The van der Waals surface area contributed by atoms with E-state index in [2.05, 4.69) is 143 Å². The Balaban J connectivity index is 1.14. The normalized spacial score (nSPS) is 13.2. The van der Waals surface area contributed by atoms with Gasteiger partial charge >= 0.3 is 0 Å². The molecule has 10 rings (SSSR count).